The van der Waals surface area contributed by atoms with Gasteiger partial charge in [-0.05, 0) is 12.1 Å². The van der Waals surface area contributed by atoms with E-state index in [1.54, 1.807) is 6.20 Å². The first-order chi connectivity index (χ1) is 7.88. The third-order valence-electron chi connectivity index (χ3n) is 2.24. The van der Waals surface area contributed by atoms with E-state index in [2.05, 4.69) is 31.5 Å². The second kappa shape index (κ2) is 5.03. The molecule has 5 heteroatoms. The third-order valence-corrected chi connectivity index (χ3v) is 2.24. The lowest BCUT2D eigenvalue weighted by Gasteiger charge is -2.06. The number of aromatic nitrogens is 5. The summed E-state index contributed by atoms with van der Waals surface area (Å²) >= 11 is 0. The maximum Gasteiger partial charge on any atom is 0.175 e. The van der Waals surface area contributed by atoms with Gasteiger partial charge in [-0.3, -0.25) is 4.98 Å². The number of nitrogens with one attached hydrogen (secondary N) is 1. The van der Waals surface area contributed by atoms with Crippen molar-refractivity contribution in [2.24, 2.45) is 5.92 Å². The van der Waals surface area contributed by atoms with E-state index in [1.165, 1.54) is 0 Å². The van der Waals surface area contributed by atoms with Gasteiger partial charge in [0.2, 0.25) is 0 Å². The summed E-state index contributed by atoms with van der Waals surface area (Å²) in [6, 6.07) is 5.79. The van der Waals surface area contributed by atoms with Crippen molar-refractivity contribution in [3.63, 3.8) is 0 Å². The van der Waals surface area contributed by atoms with E-state index >= 15 is 0 Å². The maximum absolute atomic E-state index is 5.47. The first kappa shape index (κ1) is 10.3. The molecule has 1 atom stereocenters. The van der Waals surface area contributed by atoms with Gasteiger partial charge in [0.1, 0.15) is 0 Å². The zero-order valence-corrected chi connectivity index (χ0v) is 8.67. The molecule has 80 valence electrons. The zero-order valence-electron chi connectivity index (χ0n) is 8.67. The highest BCUT2D eigenvalue weighted by molar-refractivity contribution is 5.09. The Hall–Kier alpha value is -2.22. The van der Waals surface area contributed by atoms with E-state index in [1.807, 2.05) is 18.2 Å². The Balaban J connectivity index is 2.00. The summed E-state index contributed by atoms with van der Waals surface area (Å²) in [4.78, 5) is 4.24. The Kier molecular flexibility index (Phi) is 3.24. The minimum absolute atomic E-state index is 0.0486. The lowest BCUT2D eigenvalue weighted by Crippen LogP contribution is -2.08. The molecule has 0 aliphatic heterocycles. The minimum Gasteiger partial charge on any atom is -0.261 e. The first-order valence-electron chi connectivity index (χ1n) is 4.97. The van der Waals surface area contributed by atoms with Gasteiger partial charge in [0.05, 0.1) is 0 Å². The van der Waals surface area contributed by atoms with E-state index in [4.69, 9.17) is 6.42 Å². The van der Waals surface area contributed by atoms with Gasteiger partial charge in [0.15, 0.2) is 5.82 Å². The Labute approximate surface area is 93.3 Å². The number of aromatic amines is 1. The lowest BCUT2D eigenvalue weighted by molar-refractivity contribution is 0.631. The molecule has 0 fully saturated rings. The van der Waals surface area contributed by atoms with Gasteiger partial charge >= 0.3 is 0 Å². The number of rotatable bonds is 4. The van der Waals surface area contributed by atoms with E-state index in [0.29, 0.717) is 12.2 Å². The van der Waals surface area contributed by atoms with Gasteiger partial charge in [-0.15, -0.1) is 22.5 Å². The van der Waals surface area contributed by atoms with Crippen molar-refractivity contribution in [3.05, 3.63) is 35.9 Å². The van der Waals surface area contributed by atoms with Crippen LogP contribution >= 0.6 is 0 Å². The monoisotopic (exact) mass is 213 g/mol. The Bertz CT molecular complexity index is 457. The SMILES string of the molecule is C#CC(Cc1ccccn1)Cc1nn[nH]n1. The predicted molar refractivity (Wildman–Crippen MR) is 58.1 cm³/mol. The van der Waals surface area contributed by atoms with Crippen molar-refractivity contribution in [1.29, 1.82) is 0 Å². The summed E-state index contributed by atoms with van der Waals surface area (Å²) in [7, 11) is 0. The van der Waals surface area contributed by atoms with Gasteiger partial charge in [0, 0.05) is 30.7 Å². The average Bonchev–Trinajstić information content (AvgIpc) is 2.82. The molecule has 1 N–H and O–H groups in total. The molecule has 2 rings (SSSR count). The van der Waals surface area contributed by atoms with Gasteiger partial charge in [0.25, 0.3) is 0 Å². The Morgan fingerprint density at radius 1 is 1.38 bits per heavy atom. The van der Waals surface area contributed by atoms with Crippen LogP contribution in [0.2, 0.25) is 0 Å². The highest BCUT2D eigenvalue weighted by Crippen LogP contribution is 2.09. The van der Waals surface area contributed by atoms with Crippen LogP contribution in [0.25, 0.3) is 0 Å². The number of pyridine rings is 1. The molecule has 0 aliphatic rings. The van der Waals surface area contributed by atoms with Crippen molar-refractivity contribution < 1.29 is 0 Å². The fraction of sp³-hybridized carbons (Fsp3) is 0.273. The quantitative estimate of drug-likeness (QED) is 0.756. The van der Waals surface area contributed by atoms with E-state index in [0.717, 1.165) is 12.1 Å². The summed E-state index contributed by atoms with van der Waals surface area (Å²) in [6.45, 7) is 0. The summed E-state index contributed by atoms with van der Waals surface area (Å²) < 4.78 is 0. The molecule has 0 saturated heterocycles. The second-order valence-electron chi connectivity index (χ2n) is 3.42. The fourth-order valence-corrected chi connectivity index (χ4v) is 1.45. The molecule has 5 nitrogen and oxygen atoms in total. The van der Waals surface area contributed by atoms with Gasteiger partial charge in [-0.1, -0.05) is 11.3 Å². The minimum atomic E-state index is 0.0486. The number of nitrogens with zero attached hydrogens (tertiary/aromatic N) is 4. The summed E-state index contributed by atoms with van der Waals surface area (Å²) in [5.74, 6) is 3.41. The molecule has 0 aliphatic carbocycles. The number of terminal acetylenes is 1. The molecule has 0 spiro atoms. The lowest BCUT2D eigenvalue weighted by atomic mass is 10.00. The number of hydrogen-bond donors (Lipinski definition) is 1. The van der Waals surface area contributed by atoms with Crippen LogP contribution < -0.4 is 0 Å². The van der Waals surface area contributed by atoms with E-state index in [-0.39, 0.29) is 5.92 Å². The van der Waals surface area contributed by atoms with Crippen LogP contribution in [0.15, 0.2) is 24.4 Å². The predicted octanol–water partition coefficient (Wildman–Crippen LogP) is 0.629. The fourth-order valence-electron chi connectivity index (χ4n) is 1.45. The molecule has 0 radical (unpaired) electrons. The van der Waals surface area contributed by atoms with Crippen LogP contribution in [0, 0.1) is 18.3 Å². The molecule has 16 heavy (non-hydrogen) atoms. The van der Waals surface area contributed by atoms with Gasteiger partial charge in [-0.2, -0.15) is 5.21 Å². The summed E-state index contributed by atoms with van der Waals surface area (Å²) in [5.41, 5.74) is 0.981. The normalized spacial score (nSPS) is 11.9. The van der Waals surface area contributed by atoms with Crippen molar-refractivity contribution >= 4 is 0 Å². The molecule has 0 bridgehead atoms. The molecule has 0 saturated carbocycles. The van der Waals surface area contributed by atoms with Gasteiger partial charge in [-0.25, -0.2) is 0 Å². The summed E-state index contributed by atoms with van der Waals surface area (Å²) in [5, 5.41) is 13.7. The Morgan fingerprint density at radius 2 is 2.31 bits per heavy atom. The van der Waals surface area contributed by atoms with Crippen LogP contribution in [-0.4, -0.2) is 25.6 Å². The molecular formula is C11H11N5. The highest BCUT2D eigenvalue weighted by atomic mass is 15.5. The van der Waals surface area contributed by atoms with Crippen LogP contribution in [0.3, 0.4) is 0 Å². The first-order valence-corrected chi connectivity index (χ1v) is 4.97. The molecule has 2 aromatic heterocycles. The van der Waals surface area contributed by atoms with Crippen LogP contribution in [0.1, 0.15) is 11.5 Å². The van der Waals surface area contributed by atoms with Crippen molar-refractivity contribution in [1.82, 2.24) is 25.6 Å². The van der Waals surface area contributed by atoms with Crippen LogP contribution in [0.5, 0.6) is 0 Å². The topological polar surface area (TPSA) is 67.3 Å². The van der Waals surface area contributed by atoms with E-state index in [9.17, 15) is 0 Å². The number of hydrogen-bond acceptors (Lipinski definition) is 4. The molecular weight excluding hydrogens is 202 g/mol. The zero-order chi connectivity index (χ0) is 11.2. The smallest absolute Gasteiger partial charge is 0.175 e. The average molecular weight is 213 g/mol. The van der Waals surface area contributed by atoms with Crippen LogP contribution in [-0.2, 0) is 12.8 Å². The molecule has 0 amide bonds. The maximum atomic E-state index is 5.47. The second-order valence-corrected chi connectivity index (χ2v) is 3.42. The molecule has 2 aromatic rings. The van der Waals surface area contributed by atoms with Crippen molar-refractivity contribution in [2.75, 3.05) is 0 Å². The van der Waals surface area contributed by atoms with Gasteiger partial charge < -0.3 is 0 Å². The van der Waals surface area contributed by atoms with Crippen molar-refractivity contribution in [3.8, 4) is 12.3 Å². The number of H-pyrrole nitrogens is 1. The summed E-state index contributed by atoms with van der Waals surface area (Å²) in [6.07, 6.45) is 8.58. The van der Waals surface area contributed by atoms with Crippen LogP contribution in [0.4, 0.5) is 0 Å². The Morgan fingerprint density at radius 3 is 2.94 bits per heavy atom. The number of tetrazole rings is 1. The molecule has 1 unspecified atom stereocenters. The standard InChI is InChI=1S/C11H11N5/c1-2-9(8-11-13-15-16-14-11)7-10-5-3-4-6-12-10/h1,3-6,9H,7-8H2,(H,13,14,15,16). The van der Waals surface area contributed by atoms with Crippen molar-refractivity contribution in [2.45, 2.75) is 12.8 Å². The molecule has 2 heterocycles. The van der Waals surface area contributed by atoms with E-state index < -0.39 is 0 Å². The largest absolute Gasteiger partial charge is 0.261 e. The molecule has 0 aromatic carbocycles. The third kappa shape index (κ3) is 2.64. The highest BCUT2D eigenvalue weighted by Gasteiger charge is 2.11.